The van der Waals surface area contributed by atoms with E-state index in [4.69, 9.17) is 9.47 Å². The lowest BCUT2D eigenvalue weighted by atomic mass is 9.55. The van der Waals surface area contributed by atoms with Gasteiger partial charge in [0.15, 0.2) is 6.61 Å². The summed E-state index contributed by atoms with van der Waals surface area (Å²) in [5.41, 5.74) is 4.76. The fourth-order valence-electron chi connectivity index (χ4n) is 7.42. The van der Waals surface area contributed by atoms with Crippen LogP contribution in [0.4, 0.5) is 5.69 Å². The average Bonchev–Trinajstić information content (AvgIpc) is 3.33. The zero-order valence-electron chi connectivity index (χ0n) is 25.6. The third-order valence-electron chi connectivity index (χ3n) is 9.22. The van der Waals surface area contributed by atoms with Gasteiger partial charge in [0.05, 0.1) is 11.8 Å². The van der Waals surface area contributed by atoms with Crippen LogP contribution in [-0.2, 0) is 23.9 Å². The van der Waals surface area contributed by atoms with Crippen LogP contribution in [-0.4, -0.2) is 41.2 Å². The molecule has 3 atom stereocenters. The third-order valence-corrected chi connectivity index (χ3v) is 9.22. The molecule has 8 rings (SSSR count). The minimum atomic E-state index is -1.13. The molecule has 46 heavy (non-hydrogen) atoms. The number of rotatable bonds is 9. The first kappa shape index (κ1) is 29.5. The van der Waals surface area contributed by atoms with Crippen molar-refractivity contribution in [2.75, 3.05) is 11.9 Å². The lowest BCUT2D eigenvalue weighted by molar-refractivity contribution is -0.160. The van der Waals surface area contributed by atoms with Gasteiger partial charge in [-0.2, -0.15) is 0 Å². The first-order valence-corrected chi connectivity index (χ1v) is 15.7. The van der Waals surface area contributed by atoms with Crippen LogP contribution in [0.25, 0.3) is 0 Å². The molecule has 3 aliphatic carbocycles. The van der Waals surface area contributed by atoms with Gasteiger partial charge in [0.25, 0.3) is 5.91 Å². The minimum absolute atomic E-state index is 0.0164. The van der Waals surface area contributed by atoms with Crippen molar-refractivity contribution in [3.05, 3.63) is 125 Å². The number of nitrogens with zero attached hydrogens (tertiary/aromatic N) is 1. The number of hydrogen-bond acceptors (Lipinski definition) is 6. The lowest BCUT2D eigenvalue weighted by Crippen LogP contribution is -2.47. The SMILES string of the molecule is CC(C)C[C@H](C(=O)OCC(=O)Nc1ccc(Oc2ccccc2)cc1)N1C(=O)[C@@H]2C3c4ccccc4C(c4ccccc43)[C@H]2C1=O. The topological polar surface area (TPSA) is 102 Å². The van der Waals surface area contributed by atoms with Crippen LogP contribution in [0.1, 0.15) is 54.4 Å². The number of para-hydroxylation sites is 1. The summed E-state index contributed by atoms with van der Waals surface area (Å²) in [6.45, 7) is 3.29. The van der Waals surface area contributed by atoms with Crippen LogP contribution >= 0.6 is 0 Å². The second-order valence-corrected chi connectivity index (χ2v) is 12.6. The number of benzene rings is 4. The maximum absolute atomic E-state index is 14.2. The van der Waals surface area contributed by atoms with Gasteiger partial charge in [-0.25, -0.2) is 4.79 Å². The van der Waals surface area contributed by atoms with Crippen LogP contribution in [0, 0.1) is 17.8 Å². The van der Waals surface area contributed by atoms with Gasteiger partial charge in [0, 0.05) is 17.5 Å². The van der Waals surface area contributed by atoms with E-state index in [-0.39, 0.29) is 36.0 Å². The number of hydrogen-bond donors (Lipinski definition) is 1. The minimum Gasteiger partial charge on any atom is -0.457 e. The molecule has 1 saturated heterocycles. The average molecular weight is 615 g/mol. The number of amides is 3. The highest BCUT2D eigenvalue weighted by Gasteiger charge is 2.63. The zero-order chi connectivity index (χ0) is 31.9. The summed E-state index contributed by atoms with van der Waals surface area (Å²) >= 11 is 0. The summed E-state index contributed by atoms with van der Waals surface area (Å²) in [6, 6.07) is 31.1. The maximum atomic E-state index is 14.2. The van der Waals surface area contributed by atoms with Crippen LogP contribution in [0.15, 0.2) is 103 Å². The first-order chi connectivity index (χ1) is 22.3. The molecule has 1 fully saturated rings. The van der Waals surface area contributed by atoms with Crippen molar-refractivity contribution in [3.8, 4) is 11.5 Å². The number of imide groups is 1. The number of anilines is 1. The third kappa shape index (κ3) is 5.13. The second kappa shape index (κ2) is 11.9. The molecule has 0 radical (unpaired) electrons. The summed E-state index contributed by atoms with van der Waals surface area (Å²) in [5, 5.41) is 2.72. The molecule has 0 saturated carbocycles. The fourth-order valence-corrected chi connectivity index (χ4v) is 7.42. The van der Waals surface area contributed by atoms with Gasteiger partial charge in [0.2, 0.25) is 11.8 Å². The smallest absolute Gasteiger partial charge is 0.329 e. The van der Waals surface area contributed by atoms with E-state index in [2.05, 4.69) is 5.32 Å². The summed E-state index contributed by atoms with van der Waals surface area (Å²) in [4.78, 5) is 55.9. The van der Waals surface area contributed by atoms with Gasteiger partial charge in [-0.05, 0) is 71.0 Å². The van der Waals surface area contributed by atoms with Crippen LogP contribution in [0.3, 0.4) is 0 Å². The van der Waals surface area contributed by atoms with E-state index in [0.717, 1.165) is 27.2 Å². The summed E-state index contributed by atoms with van der Waals surface area (Å²) in [7, 11) is 0. The molecule has 1 aliphatic heterocycles. The number of carbonyl (C=O) groups is 4. The van der Waals surface area contributed by atoms with Gasteiger partial charge >= 0.3 is 5.97 Å². The van der Waals surface area contributed by atoms with Crippen molar-refractivity contribution in [1.29, 1.82) is 0 Å². The van der Waals surface area contributed by atoms with E-state index >= 15 is 0 Å². The molecule has 0 unspecified atom stereocenters. The molecule has 8 nitrogen and oxygen atoms in total. The molecule has 4 aromatic carbocycles. The van der Waals surface area contributed by atoms with Crippen LogP contribution < -0.4 is 10.1 Å². The lowest BCUT2D eigenvalue weighted by Gasteiger charge is -2.45. The Balaban J connectivity index is 1.06. The van der Waals surface area contributed by atoms with Crippen molar-refractivity contribution < 1.29 is 28.7 Å². The van der Waals surface area contributed by atoms with Crippen molar-refractivity contribution in [3.63, 3.8) is 0 Å². The number of ether oxygens (including phenoxy) is 2. The molecule has 0 aromatic heterocycles. The standard InChI is InChI=1S/C38H34N2O6/c1-22(2)20-30(38(44)45-21-31(41)39-23-16-18-25(19-17-23)46-24-10-4-3-5-11-24)40-36(42)34-32-26-12-6-7-13-27(26)33(35(34)37(40)43)29-15-9-8-14-28(29)32/h3-19,22,30,32-35H,20-21H2,1-2H3,(H,39,41)/t30-,32?,33?,34-,35-/m1/s1. The van der Waals surface area contributed by atoms with E-state index in [1.54, 1.807) is 24.3 Å². The Morgan fingerprint density at radius 2 is 1.17 bits per heavy atom. The molecular weight excluding hydrogens is 580 g/mol. The van der Waals surface area contributed by atoms with Gasteiger partial charge in [-0.1, -0.05) is 80.6 Å². The highest BCUT2D eigenvalue weighted by atomic mass is 16.5. The molecule has 4 aliphatic rings. The fraction of sp³-hybridized carbons (Fsp3) is 0.263. The van der Waals surface area contributed by atoms with Gasteiger partial charge in [0.1, 0.15) is 17.5 Å². The Hall–Kier alpha value is -5.24. The normalized spacial score (nSPS) is 21.3. The van der Waals surface area contributed by atoms with E-state index in [9.17, 15) is 19.2 Å². The molecular formula is C38H34N2O6. The van der Waals surface area contributed by atoms with Crippen molar-refractivity contribution in [2.45, 2.75) is 38.1 Å². The maximum Gasteiger partial charge on any atom is 0.329 e. The quantitative estimate of drug-likeness (QED) is 0.176. The Bertz CT molecular complexity index is 1700. The highest BCUT2D eigenvalue weighted by Crippen LogP contribution is 2.61. The largest absolute Gasteiger partial charge is 0.457 e. The van der Waals surface area contributed by atoms with E-state index in [1.807, 2.05) is 92.7 Å². The summed E-state index contributed by atoms with van der Waals surface area (Å²) < 4.78 is 11.3. The predicted molar refractivity (Wildman–Crippen MR) is 171 cm³/mol. The first-order valence-electron chi connectivity index (χ1n) is 15.7. The number of esters is 1. The van der Waals surface area contributed by atoms with Crippen LogP contribution in [0.2, 0.25) is 0 Å². The number of likely N-dealkylation sites (tertiary alicyclic amines) is 1. The van der Waals surface area contributed by atoms with E-state index in [0.29, 0.717) is 17.2 Å². The molecule has 8 heteroatoms. The van der Waals surface area contributed by atoms with Crippen LogP contribution in [0.5, 0.6) is 11.5 Å². The molecule has 232 valence electrons. The number of nitrogens with one attached hydrogen (secondary N) is 1. The number of carbonyl (C=O) groups excluding carboxylic acids is 4. The Kier molecular flexibility index (Phi) is 7.64. The second-order valence-electron chi connectivity index (χ2n) is 12.6. The molecule has 0 spiro atoms. The van der Waals surface area contributed by atoms with Gasteiger partial charge in [-0.15, -0.1) is 0 Å². The molecule has 1 N–H and O–H groups in total. The Morgan fingerprint density at radius 3 is 1.67 bits per heavy atom. The van der Waals surface area contributed by atoms with E-state index in [1.165, 1.54) is 0 Å². The summed E-state index contributed by atoms with van der Waals surface area (Å²) in [5.74, 6) is -2.45. The molecule has 2 bridgehead atoms. The van der Waals surface area contributed by atoms with Crippen molar-refractivity contribution >= 4 is 29.4 Å². The van der Waals surface area contributed by atoms with Crippen molar-refractivity contribution in [1.82, 2.24) is 4.90 Å². The molecule has 4 aromatic rings. The predicted octanol–water partition coefficient (Wildman–Crippen LogP) is 6.27. The van der Waals surface area contributed by atoms with Gasteiger partial charge in [-0.3, -0.25) is 19.3 Å². The monoisotopic (exact) mass is 614 g/mol. The van der Waals surface area contributed by atoms with E-state index < -0.39 is 36.4 Å². The highest BCUT2D eigenvalue weighted by molar-refractivity contribution is 6.10. The molecule has 3 amide bonds. The van der Waals surface area contributed by atoms with Crippen molar-refractivity contribution in [2.24, 2.45) is 17.8 Å². The Labute approximate surface area is 267 Å². The Morgan fingerprint density at radius 1 is 0.696 bits per heavy atom. The summed E-state index contributed by atoms with van der Waals surface area (Å²) in [6.07, 6.45) is 0.232. The van der Waals surface area contributed by atoms with Gasteiger partial charge < -0.3 is 14.8 Å². The zero-order valence-corrected chi connectivity index (χ0v) is 25.6. The molecule has 1 heterocycles.